The maximum atomic E-state index is 12.5. The van der Waals surface area contributed by atoms with Crippen LogP contribution in [0.4, 0.5) is 0 Å². The van der Waals surface area contributed by atoms with Gasteiger partial charge in [0.2, 0.25) is 5.91 Å². The average molecular weight is 254 g/mol. The van der Waals surface area contributed by atoms with Crippen LogP contribution in [-0.2, 0) is 4.79 Å². The van der Waals surface area contributed by atoms with E-state index in [1.807, 2.05) is 11.9 Å². The molecule has 0 bridgehead atoms. The Balaban J connectivity index is 2.57. The zero-order valence-electron chi connectivity index (χ0n) is 12.3. The van der Waals surface area contributed by atoms with Crippen LogP contribution in [0.2, 0.25) is 0 Å². The minimum Gasteiger partial charge on any atom is -0.341 e. The van der Waals surface area contributed by atoms with Crippen molar-refractivity contribution in [2.24, 2.45) is 11.7 Å². The van der Waals surface area contributed by atoms with E-state index in [1.54, 1.807) is 0 Å². The van der Waals surface area contributed by atoms with Gasteiger partial charge in [-0.15, -0.1) is 0 Å². The molecule has 0 aromatic rings. The van der Waals surface area contributed by atoms with Crippen molar-refractivity contribution in [3.8, 4) is 0 Å². The monoisotopic (exact) mass is 254 g/mol. The maximum Gasteiger partial charge on any atom is 0.225 e. The minimum atomic E-state index is 0.177. The number of carbonyl (C=O) groups excluding carboxylic acids is 1. The quantitative estimate of drug-likeness (QED) is 0.792. The minimum absolute atomic E-state index is 0.177. The molecule has 1 aliphatic rings. The summed E-state index contributed by atoms with van der Waals surface area (Å²) in [5.41, 5.74) is 6.17. The van der Waals surface area contributed by atoms with Crippen molar-refractivity contribution in [2.75, 3.05) is 7.05 Å². The van der Waals surface area contributed by atoms with E-state index < -0.39 is 0 Å². The summed E-state index contributed by atoms with van der Waals surface area (Å²) < 4.78 is 0. The molecule has 0 aliphatic heterocycles. The molecule has 1 rings (SSSR count). The maximum absolute atomic E-state index is 12.5. The van der Waals surface area contributed by atoms with E-state index in [9.17, 15) is 4.79 Å². The zero-order chi connectivity index (χ0) is 13.5. The number of hydrogen-bond acceptors (Lipinski definition) is 2. The van der Waals surface area contributed by atoms with Crippen molar-refractivity contribution < 1.29 is 4.79 Å². The second kappa shape index (κ2) is 7.78. The molecule has 1 aliphatic carbocycles. The Morgan fingerprint density at radius 2 is 2.00 bits per heavy atom. The largest absolute Gasteiger partial charge is 0.341 e. The predicted octanol–water partition coefficient (Wildman–Crippen LogP) is 2.93. The first-order valence-electron chi connectivity index (χ1n) is 7.64. The van der Waals surface area contributed by atoms with E-state index in [2.05, 4.69) is 13.8 Å². The summed E-state index contributed by atoms with van der Waals surface area (Å²) in [5.74, 6) is 0.511. The molecule has 1 saturated carbocycles. The van der Waals surface area contributed by atoms with Gasteiger partial charge in [0.15, 0.2) is 0 Å². The Bertz CT molecular complexity index is 255. The van der Waals surface area contributed by atoms with E-state index in [4.69, 9.17) is 5.73 Å². The number of amides is 1. The summed E-state index contributed by atoms with van der Waals surface area (Å²) in [7, 11) is 1.95. The first-order chi connectivity index (χ1) is 8.61. The van der Waals surface area contributed by atoms with E-state index in [-0.39, 0.29) is 18.0 Å². The van der Waals surface area contributed by atoms with Gasteiger partial charge in [-0.1, -0.05) is 39.5 Å². The molecule has 0 radical (unpaired) electrons. The number of unbranched alkanes of at least 4 members (excludes halogenated alkanes) is 1. The standard InChI is InChI=1S/C15H30N2O/c1-4-6-9-12(5-2)15(18)17(3)14-11-8-7-10-13(14)16/h12-14H,4-11,16H2,1-3H3. The molecular formula is C15H30N2O. The zero-order valence-corrected chi connectivity index (χ0v) is 12.3. The molecule has 0 aromatic carbocycles. The smallest absolute Gasteiger partial charge is 0.225 e. The van der Waals surface area contributed by atoms with Crippen LogP contribution < -0.4 is 5.73 Å². The van der Waals surface area contributed by atoms with Gasteiger partial charge in [0.05, 0.1) is 0 Å². The Morgan fingerprint density at radius 1 is 1.33 bits per heavy atom. The molecule has 3 atom stereocenters. The van der Waals surface area contributed by atoms with Gasteiger partial charge in [-0.3, -0.25) is 4.79 Å². The van der Waals surface area contributed by atoms with Gasteiger partial charge in [0, 0.05) is 25.0 Å². The number of carbonyl (C=O) groups is 1. The van der Waals surface area contributed by atoms with Crippen molar-refractivity contribution in [1.29, 1.82) is 0 Å². The lowest BCUT2D eigenvalue weighted by atomic mass is 9.88. The molecule has 0 heterocycles. The first-order valence-corrected chi connectivity index (χ1v) is 7.64. The van der Waals surface area contributed by atoms with Gasteiger partial charge in [-0.2, -0.15) is 0 Å². The van der Waals surface area contributed by atoms with Gasteiger partial charge in [-0.05, 0) is 25.7 Å². The third kappa shape index (κ3) is 3.98. The van der Waals surface area contributed by atoms with Crippen LogP contribution in [0.3, 0.4) is 0 Å². The van der Waals surface area contributed by atoms with Crippen LogP contribution in [-0.4, -0.2) is 29.9 Å². The number of nitrogens with two attached hydrogens (primary N) is 1. The van der Waals surface area contributed by atoms with Crippen molar-refractivity contribution in [2.45, 2.75) is 77.3 Å². The van der Waals surface area contributed by atoms with Gasteiger partial charge in [0.25, 0.3) is 0 Å². The van der Waals surface area contributed by atoms with Crippen LogP contribution in [0.1, 0.15) is 65.2 Å². The fraction of sp³-hybridized carbons (Fsp3) is 0.933. The summed E-state index contributed by atoms with van der Waals surface area (Å²) in [6.45, 7) is 4.30. The van der Waals surface area contributed by atoms with Gasteiger partial charge in [-0.25, -0.2) is 0 Å². The van der Waals surface area contributed by atoms with E-state index in [0.29, 0.717) is 5.91 Å². The number of hydrogen-bond donors (Lipinski definition) is 1. The molecule has 18 heavy (non-hydrogen) atoms. The number of nitrogens with zero attached hydrogens (tertiary/aromatic N) is 1. The molecule has 2 N–H and O–H groups in total. The second-order valence-corrected chi connectivity index (χ2v) is 5.71. The van der Waals surface area contributed by atoms with Crippen LogP contribution in [0.25, 0.3) is 0 Å². The molecule has 3 unspecified atom stereocenters. The molecule has 1 amide bonds. The third-order valence-electron chi connectivity index (χ3n) is 4.37. The molecule has 3 nitrogen and oxygen atoms in total. The predicted molar refractivity (Wildman–Crippen MR) is 76.3 cm³/mol. The normalized spacial score (nSPS) is 25.8. The Morgan fingerprint density at radius 3 is 2.56 bits per heavy atom. The highest BCUT2D eigenvalue weighted by atomic mass is 16.2. The van der Waals surface area contributed by atoms with Crippen LogP contribution in [0, 0.1) is 5.92 Å². The Kier molecular flexibility index (Phi) is 6.69. The first kappa shape index (κ1) is 15.5. The van der Waals surface area contributed by atoms with Crippen molar-refractivity contribution in [1.82, 2.24) is 4.90 Å². The van der Waals surface area contributed by atoms with Gasteiger partial charge < -0.3 is 10.6 Å². The summed E-state index contributed by atoms with van der Waals surface area (Å²) in [4.78, 5) is 14.4. The summed E-state index contributed by atoms with van der Waals surface area (Å²) >= 11 is 0. The van der Waals surface area contributed by atoms with E-state index in [1.165, 1.54) is 12.8 Å². The summed E-state index contributed by atoms with van der Waals surface area (Å²) in [6.07, 6.45) is 8.85. The molecule has 0 saturated heterocycles. The van der Waals surface area contributed by atoms with Gasteiger partial charge in [0.1, 0.15) is 0 Å². The fourth-order valence-corrected chi connectivity index (χ4v) is 3.03. The fourth-order valence-electron chi connectivity index (χ4n) is 3.03. The second-order valence-electron chi connectivity index (χ2n) is 5.71. The van der Waals surface area contributed by atoms with Crippen molar-refractivity contribution in [3.63, 3.8) is 0 Å². The third-order valence-corrected chi connectivity index (χ3v) is 4.37. The summed E-state index contributed by atoms with van der Waals surface area (Å²) in [6, 6.07) is 0.443. The molecule has 1 fully saturated rings. The Labute approximate surface area is 112 Å². The molecule has 0 aromatic heterocycles. The lowest BCUT2D eigenvalue weighted by Crippen LogP contribution is -2.51. The number of likely N-dealkylation sites (N-methyl/N-ethyl adjacent to an activating group) is 1. The molecule has 3 heteroatoms. The average Bonchev–Trinajstić information content (AvgIpc) is 2.39. The van der Waals surface area contributed by atoms with E-state index in [0.717, 1.165) is 38.5 Å². The highest BCUT2D eigenvalue weighted by molar-refractivity contribution is 5.78. The topological polar surface area (TPSA) is 46.3 Å². The SMILES string of the molecule is CCCCC(CC)C(=O)N(C)C1CCCCC1N. The lowest BCUT2D eigenvalue weighted by Gasteiger charge is -2.37. The Hall–Kier alpha value is -0.570. The highest BCUT2D eigenvalue weighted by Crippen LogP contribution is 2.24. The number of rotatable bonds is 6. The molecular weight excluding hydrogens is 224 g/mol. The van der Waals surface area contributed by atoms with Crippen molar-refractivity contribution >= 4 is 5.91 Å². The lowest BCUT2D eigenvalue weighted by molar-refractivity contribution is -0.137. The van der Waals surface area contributed by atoms with Crippen LogP contribution in [0.15, 0.2) is 0 Å². The van der Waals surface area contributed by atoms with E-state index >= 15 is 0 Å². The van der Waals surface area contributed by atoms with Gasteiger partial charge >= 0.3 is 0 Å². The van der Waals surface area contributed by atoms with Crippen LogP contribution >= 0.6 is 0 Å². The van der Waals surface area contributed by atoms with Crippen molar-refractivity contribution in [3.05, 3.63) is 0 Å². The molecule has 106 valence electrons. The summed E-state index contributed by atoms with van der Waals surface area (Å²) in [5, 5.41) is 0. The van der Waals surface area contributed by atoms with Crippen LogP contribution in [0.5, 0.6) is 0 Å². The highest BCUT2D eigenvalue weighted by Gasteiger charge is 2.30. The molecule has 0 spiro atoms.